The molecule has 5 aromatic heterocycles. The highest BCUT2D eigenvalue weighted by atomic mass is 16.5. The number of anilines is 3. The Morgan fingerprint density at radius 2 is 1.97 bits per heavy atom. The zero-order valence-electron chi connectivity index (χ0n) is 19.6. The van der Waals surface area contributed by atoms with Crippen molar-refractivity contribution in [2.24, 2.45) is 7.05 Å². The predicted octanol–water partition coefficient (Wildman–Crippen LogP) is 2.84. The largest absolute Gasteiger partial charge is 0.481 e. The molecule has 0 aliphatic carbocycles. The van der Waals surface area contributed by atoms with Crippen LogP contribution in [0.15, 0.2) is 55.0 Å². The molecule has 11 heteroatoms. The van der Waals surface area contributed by atoms with Crippen LogP contribution in [0, 0.1) is 0 Å². The van der Waals surface area contributed by atoms with E-state index in [-0.39, 0.29) is 5.92 Å². The highest BCUT2D eigenvalue weighted by Crippen LogP contribution is 2.35. The molecule has 5 aromatic rings. The summed E-state index contributed by atoms with van der Waals surface area (Å²) < 4.78 is 9.32. The molecule has 1 aliphatic rings. The van der Waals surface area contributed by atoms with E-state index in [2.05, 4.69) is 59.1 Å². The van der Waals surface area contributed by atoms with E-state index in [1.54, 1.807) is 30.4 Å². The van der Waals surface area contributed by atoms with Crippen molar-refractivity contribution < 1.29 is 4.74 Å². The van der Waals surface area contributed by atoms with Gasteiger partial charge >= 0.3 is 0 Å². The van der Waals surface area contributed by atoms with Gasteiger partial charge in [0.2, 0.25) is 11.8 Å². The molecular weight excluding hydrogens is 444 g/mol. The fraction of sp³-hybridized carbons (Fsp3) is 0.250. The molecular formula is C24H24N10O. The van der Waals surface area contributed by atoms with Gasteiger partial charge in [-0.25, -0.2) is 15.0 Å². The van der Waals surface area contributed by atoms with Crippen LogP contribution in [0.2, 0.25) is 0 Å². The van der Waals surface area contributed by atoms with E-state index < -0.39 is 0 Å². The molecule has 35 heavy (non-hydrogen) atoms. The Labute approximate surface area is 201 Å². The molecule has 11 nitrogen and oxygen atoms in total. The van der Waals surface area contributed by atoms with Crippen LogP contribution in [0.25, 0.3) is 16.9 Å². The fourth-order valence-corrected chi connectivity index (χ4v) is 4.60. The van der Waals surface area contributed by atoms with Gasteiger partial charge in [0.1, 0.15) is 17.5 Å². The van der Waals surface area contributed by atoms with E-state index in [1.807, 2.05) is 31.3 Å². The van der Waals surface area contributed by atoms with E-state index in [0.717, 1.165) is 52.9 Å². The Morgan fingerprint density at radius 3 is 2.80 bits per heavy atom. The second-order valence-corrected chi connectivity index (χ2v) is 8.54. The summed E-state index contributed by atoms with van der Waals surface area (Å²) in [6, 6.07) is 11.9. The van der Waals surface area contributed by atoms with Gasteiger partial charge in [0.25, 0.3) is 0 Å². The minimum Gasteiger partial charge on any atom is -0.481 e. The molecule has 1 aliphatic heterocycles. The van der Waals surface area contributed by atoms with E-state index in [4.69, 9.17) is 9.72 Å². The Hall–Kier alpha value is -4.54. The molecule has 0 unspecified atom stereocenters. The van der Waals surface area contributed by atoms with Crippen LogP contribution in [-0.2, 0) is 13.5 Å². The normalized spacial score (nSPS) is 14.9. The van der Waals surface area contributed by atoms with Crippen LogP contribution in [-0.4, -0.2) is 60.0 Å². The third kappa shape index (κ3) is 3.70. The van der Waals surface area contributed by atoms with Gasteiger partial charge in [-0.1, -0.05) is 6.07 Å². The molecule has 6 heterocycles. The van der Waals surface area contributed by atoms with Crippen molar-refractivity contribution in [2.45, 2.75) is 12.3 Å². The van der Waals surface area contributed by atoms with Crippen molar-refractivity contribution in [2.75, 3.05) is 30.9 Å². The summed E-state index contributed by atoms with van der Waals surface area (Å²) in [6.45, 7) is 0.798. The Kier molecular flexibility index (Phi) is 5.02. The first-order valence-electron chi connectivity index (χ1n) is 11.3. The monoisotopic (exact) mass is 468 g/mol. The molecule has 0 aromatic carbocycles. The number of methoxy groups -OCH3 is 1. The van der Waals surface area contributed by atoms with Gasteiger partial charge in [0.05, 0.1) is 19.0 Å². The van der Waals surface area contributed by atoms with E-state index in [9.17, 15) is 0 Å². The molecule has 0 saturated heterocycles. The van der Waals surface area contributed by atoms with Crippen molar-refractivity contribution in [1.82, 2.24) is 39.3 Å². The Morgan fingerprint density at radius 1 is 1.06 bits per heavy atom. The first-order chi connectivity index (χ1) is 17.1. The highest BCUT2D eigenvalue weighted by Gasteiger charge is 2.29. The standard InChI is InChI=1S/C24H24N10O/c1-32-14-17(11-15-5-4-8-25-23(15)35-3)22-31-30-20-12-16(13-21(32)34(20)22)18-6-9-26-24(28-18)29-19-7-10-27-33(19)2/h4-10,12-13,17H,11,14H2,1-3H3,(H,26,28,29)/t17-/m1/s1. The topological polar surface area (TPSA) is 111 Å². The second kappa shape index (κ2) is 8.35. The maximum Gasteiger partial charge on any atom is 0.228 e. The Balaban J connectivity index is 1.36. The molecule has 1 N–H and O–H groups in total. The van der Waals surface area contributed by atoms with Crippen LogP contribution in [0.1, 0.15) is 17.3 Å². The average Bonchev–Trinajstić information content (AvgIpc) is 3.49. The molecule has 0 bridgehead atoms. The van der Waals surface area contributed by atoms with E-state index in [1.165, 1.54) is 0 Å². The zero-order chi connectivity index (χ0) is 23.9. The minimum absolute atomic E-state index is 0.153. The quantitative estimate of drug-likeness (QED) is 0.402. The van der Waals surface area contributed by atoms with Crippen molar-refractivity contribution in [3.05, 3.63) is 66.4 Å². The van der Waals surface area contributed by atoms with Crippen LogP contribution in [0.4, 0.5) is 17.6 Å². The number of hydrogen-bond donors (Lipinski definition) is 1. The van der Waals surface area contributed by atoms with Crippen LogP contribution < -0.4 is 15.0 Å². The maximum absolute atomic E-state index is 5.46. The Bertz CT molecular complexity index is 1520. The van der Waals surface area contributed by atoms with Gasteiger partial charge in [-0.2, -0.15) is 5.10 Å². The molecule has 6 rings (SSSR count). The number of aromatic nitrogens is 8. The first kappa shape index (κ1) is 21.0. The average molecular weight is 469 g/mol. The third-order valence-electron chi connectivity index (χ3n) is 6.28. The number of hydrogen-bond acceptors (Lipinski definition) is 9. The molecule has 0 saturated carbocycles. The second-order valence-electron chi connectivity index (χ2n) is 8.54. The highest BCUT2D eigenvalue weighted by molar-refractivity contribution is 5.71. The smallest absolute Gasteiger partial charge is 0.228 e. The summed E-state index contributed by atoms with van der Waals surface area (Å²) in [4.78, 5) is 15.7. The van der Waals surface area contributed by atoms with Crippen LogP contribution in [0.3, 0.4) is 0 Å². The molecule has 0 amide bonds. The molecule has 0 spiro atoms. The zero-order valence-corrected chi connectivity index (χ0v) is 19.6. The van der Waals surface area contributed by atoms with Gasteiger partial charge in [-0.15, -0.1) is 10.2 Å². The van der Waals surface area contributed by atoms with Crippen molar-refractivity contribution >= 4 is 23.2 Å². The first-order valence-corrected chi connectivity index (χ1v) is 11.3. The lowest BCUT2D eigenvalue weighted by atomic mass is 9.97. The van der Waals surface area contributed by atoms with E-state index in [0.29, 0.717) is 11.8 Å². The third-order valence-corrected chi connectivity index (χ3v) is 6.28. The molecule has 0 radical (unpaired) electrons. The number of nitrogens with zero attached hydrogens (tertiary/aromatic N) is 9. The predicted molar refractivity (Wildman–Crippen MR) is 131 cm³/mol. The molecule has 176 valence electrons. The summed E-state index contributed by atoms with van der Waals surface area (Å²) in [7, 11) is 5.60. The number of ether oxygens (including phenoxy) is 1. The number of rotatable bonds is 6. The fourth-order valence-electron chi connectivity index (χ4n) is 4.60. The summed E-state index contributed by atoms with van der Waals surface area (Å²) in [6.07, 6.45) is 5.97. The summed E-state index contributed by atoms with van der Waals surface area (Å²) in [5, 5.41) is 16.5. The van der Waals surface area contributed by atoms with Crippen molar-refractivity contribution in [3.63, 3.8) is 0 Å². The SMILES string of the molecule is COc1ncccc1C[C@@H]1CN(C)c2cc(-c3ccnc(Nc4ccnn4C)n3)cc3nnc1n23. The summed E-state index contributed by atoms with van der Waals surface area (Å²) >= 11 is 0. The number of nitrogens with one attached hydrogen (secondary N) is 1. The summed E-state index contributed by atoms with van der Waals surface area (Å²) in [5.74, 6) is 4.07. The van der Waals surface area contributed by atoms with Crippen LogP contribution in [0.5, 0.6) is 5.88 Å². The number of likely N-dealkylation sites (N-methyl/N-ethyl adjacent to an activating group) is 1. The summed E-state index contributed by atoms with van der Waals surface area (Å²) in [5.41, 5.74) is 3.58. The van der Waals surface area contributed by atoms with Gasteiger partial charge in [0, 0.05) is 56.1 Å². The van der Waals surface area contributed by atoms with Gasteiger partial charge in [0.15, 0.2) is 5.65 Å². The number of pyridine rings is 2. The molecule has 1 atom stereocenters. The van der Waals surface area contributed by atoms with Gasteiger partial charge < -0.3 is 15.0 Å². The van der Waals surface area contributed by atoms with E-state index >= 15 is 0 Å². The lowest BCUT2D eigenvalue weighted by molar-refractivity contribution is 0.390. The lowest BCUT2D eigenvalue weighted by Gasteiger charge is -2.31. The van der Waals surface area contributed by atoms with Crippen molar-refractivity contribution in [1.29, 1.82) is 0 Å². The maximum atomic E-state index is 5.46. The molecule has 0 fully saturated rings. The minimum atomic E-state index is 0.153. The van der Waals surface area contributed by atoms with Gasteiger partial charge in [-0.05, 0) is 30.7 Å². The van der Waals surface area contributed by atoms with Crippen LogP contribution >= 0.6 is 0 Å². The van der Waals surface area contributed by atoms with Gasteiger partial charge in [-0.3, -0.25) is 9.08 Å². The lowest BCUT2D eigenvalue weighted by Crippen LogP contribution is -2.33. The number of aryl methyl sites for hydroxylation is 1. The van der Waals surface area contributed by atoms with Crippen molar-refractivity contribution in [3.8, 4) is 17.1 Å².